The number of fused-ring (bicyclic) bond motifs is 3. The molecule has 2 aromatic heterocycles. The number of amides is 1. The molecule has 4 rings (SSSR count). The number of amidine groups is 1. The minimum atomic E-state index is -0.252. The highest BCUT2D eigenvalue weighted by atomic mass is 32.1. The Balaban J connectivity index is 1.67. The van der Waals surface area contributed by atoms with Crippen LogP contribution in [0.4, 0.5) is 5.95 Å². The summed E-state index contributed by atoms with van der Waals surface area (Å²) in [5.74, 6) is 0.833. The highest BCUT2D eigenvalue weighted by Crippen LogP contribution is 2.42. The summed E-state index contributed by atoms with van der Waals surface area (Å²) in [5, 5.41) is 0.907. The number of thiophene rings is 1. The average Bonchev–Trinajstić information content (AvgIpc) is 3.16. The van der Waals surface area contributed by atoms with Gasteiger partial charge in [-0.1, -0.05) is 0 Å². The van der Waals surface area contributed by atoms with E-state index in [-0.39, 0.29) is 24.0 Å². The fourth-order valence-corrected chi connectivity index (χ4v) is 6.08. The molecular weight excluding hydrogens is 462 g/mol. The Hall–Kier alpha value is -2.59. The monoisotopic (exact) mass is 499 g/mol. The van der Waals surface area contributed by atoms with Gasteiger partial charge in [-0.15, -0.1) is 11.3 Å². The SMILES string of the molecule is CC(C)N=CCC(N)=Nc1nc(OC2CCC(N(C)C)CC2)c2c3c(sc2n1)CCC(C(N)=O)C3. The Morgan fingerprint density at radius 3 is 2.60 bits per heavy atom. The molecule has 4 N–H and O–H groups in total. The van der Waals surface area contributed by atoms with E-state index in [0.29, 0.717) is 36.5 Å². The molecule has 2 heterocycles. The number of carbonyl (C=O) groups excluding carboxylic acids is 1. The third kappa shape index (κ3) is 6.16. The topological polar surface area (TPSA) is 132 Å². The standard InChI is InChI=1S/C25H37N7O2S/c1-14(2)28-12-11-20(26)29-25-30-23(34-17-8-6-16(7-9-17)32(3)4)21-18-13-15(22(27)33)5-10-19(18)35-24(21)31-25/h12,14-17H,5-11,13H2,1-4H3,(H2,27,33)(H2,26,29,30,31). The molecule has 1 unspecified atom stereocenters. The summed E-state index contributed by atoms with van der Waals surface area (Å²) in [4.78, 5) is 34.5. The third-order valence-electron chi connectivity index (χ3n) is 6.86. The Morgan fingerprint density at radius 2 is 1.94 bits per heavy atom. The number of primary amides is 1. The molecule has 0 aliphatic heterocycles. The van der Waals surface area contributed by atoms with Gasteiger partial charge in [0, 0.05) is 35.5 Å². The molecular formula is C25H37N7O2S. The fourth-order valence-electron chi connectivity index (χ4n) is 4.88. The van der Waals surface area contributed by atoms with Crippen LogP contribution in [-0.2, 0) is 17.6 Å². The van der Waals surface area contributed by atoms with Gasteiger partial charge in [0.1, 0.15) is 16.8 Å². The summed E-state index contributed by atoms with van der Waals surface area (Å²) < 4.78 is 6.54. The quantitative estimate of drug-likeness (QED) is 0.423. The molecule has 2 aromatic rings. The van der Waals surface area contributed by atoms with Gasteiger partial charge < -0.3 is 21.1 Å². The van der Waals surface area contributed by atoms with Crippen molar-refractivity contribution in [3.05, 3.63) is 10.4 Å². The molecule has 190 valence electrons. The Bertz CT molecular complexity index is 1120. The zero-order valence-corrected chi connectivity index (χ0v) is 22.0. The molecule has 2 aliphatic carbocycles. The molecule has 0 spiro atoms. The molecule has 1 amide bonds. The van der Waals surface area contributed by atoms with Crippen molar-refractivity contribution in [2.45, 2.75) is 83.4 Å². The van der Waals surface area contributed by atoms with E-state index in [1.165, 1.54) is 4.88 Å². The van der Waals surface area contributed by atoms with Gasteiger partial charge in [0.2, 0.25) is 11.8 Å². The van der Waals surface area contributed by atoms with Gasteiger partial charge in [0.25, 0.3) is 5.95 Å². The number of nitrogens with two attached hydrogens (primary N) is 2. The molecule has 9 nitrogen and oxygen atoms in total. The van der Waals surface area contributed by atoms with Gasteiger partial charge in [0.05, 0.1) is 5.39 Å². The van der Waals surface area contributed by atoms with Gasteiger partial charge in [-0.2, -0.15) is 15.0 Å². The molecule has 1 fully saturated rings. The van der Waals surface area contributed by atoms with E-state index in [1.807, 2.05) is 13.8 Å². The van der Waals surface area contributed by atoms with E-state index in [2.05, 4.69) is 29.0 Å². The number of aliphatic imine (C=N–C) groups is 2. The molecule has 2 aliphatic rings. The maximum Gasteiger partial charge on any atom is 0.255 e. The van der Waals surface area contributed by atoms with Crippen molar-refractivity contribution in [3.8, 4) is 5.88 Å². The predicted octanol–water partition coefficient (Wildman–Crippen LogP) is 3.39. The maximum atomic E-state index is 11.9. The first-order chi connectivity index (χ1) is 16.7. The summed E-state index contributed by atoms with van der Waals surface area (Å²) in [6.07, 6.45) is 8.59. The second-order valence-electron chi connectivity index (χ2n) is 10.1. The van der Waals surface area contributed by atoms with E-state index < -0.39 is 0 Å². The molecule has 10 heteroatoms. The average molecular weight is 500 g/mol. The summed E-state index contributed by atoms with van der Waals surface area (Å²) in [6, 6.07) is 0.789. The van der Waals surface area contributed by atoms with E-state index in [0.717, 1.165) is 54.3 Å². The van der Waals surface area contributed by atoms with E-state index >= 15 is 0 Å². The third-order valence-corrected chi connectivity index (χ3v) is 8.05. The smallest absolute Gasteiger partial charge is 0.255 e. The molecule has 1 atom stereocenters. The lowest BCUT2D eigenvalue weighted by Gasteiger charge is -2.32. The van der Waals surface area contributed by atoms with Crippen molar-refractivity contribution < 1.29 is 9.53 Å². The van der Waals surface area contributed by atoms with Gasteiger partial charge in [-0.05, 0) is 78.5 Å². The van der Waals surface area contributed by atoms with E-state index in [1.54, 1.807) is 17.6 Å². The molecule has 0 aromatic carbocycles. The van der Waals surface area contributed by atoms with Crippen molar-refractivity contribution in [3.63, 3.8) is 0 Å². The zero-order chi connectivity index (χ0) is 25.1. The fraction of sp³-hybridized carbons (Fsp3) is 0.640. The number of hydrogen-bond donors (Lipinski definition) is 2. The second kappa shape index (κ2) is 11.0. The number of aromatic nitrogens is 2. The second-order valence-corrected chi connectivity index (χ2v) is 11.2. The minimum absolute atomic E-state index is 0.0859. The highest BCUT2D eigenvalue weighted by Gasteiger charge is 2.31. The molecule has 0 radical (unpaired) electrons. The number of nitrogens with zero attached hydrogens (tertiary/aromatic N) is 5. The van der Waals surface area contributed by atoms with Crippen LogP contribution >= 0.6 is 11.3 Å². The Labute approximate surface area is 211 Å². The van der Waals surface area contributed by atoms with Crippen molar-refractivity contribution in [1.29, 1.82) is 0 Å². The summed E-state index contributed by atoms with van der Waals surface area (Å²) in [7, 11) is 4.26. The van der Waals surface area contributed by atoms with Crippen LogP contribution < -0.4 is 16.2 Å². The molecule has 35 heavy (non-hydrogen) atoms. The van der Waals surface area contributed by atoms with Crippen LogP contribution in [0.1, 0.15) is 62.8 Å². The van der Waals surface area contributed by atoms with Gasteiger partial charge in [-0.3, -0.25) is 9.79 Å². The number of rotatable bonds is 8. The van der Waals surface area contributed by atoms with Crippen LogP contribution in [0.15, 0.2) is 9.98 Å². The van der Waals surface area contributed by atoms with Crippen LogP contribution in [0.5, 0.6) is 5.88 Å². The number of ether oxygens (including phenoxy) is 1. The van der Waals surface area contributed by atoms with Gasteiger partial charge >= 0.3 is 0 Å². The number of aryl methyl sites for hydroxylation is 1. The summed E-state index contributed by atoms with van der Waals surface area (Å²) >= 11 is 1.63. The number of hydrogen-bond acceptors (Lipinski definition) is 8. The molecule has 1 saturated carbocycles. The Morgan fingerprint density at radius 1 is 1.20 bits per heavy atom. The lowest BCUT2D eigenvalue weighted by atomic mass is 9.87. The first-order valence-corrected chi connectivity index (χ1v) is 13.3. The first kappa shape index (κ1) is 25.5. The minimum Gasteiger partial charge on any atom is -0.474 e. The molecule has 0 saturated heterocycles. The van der Waals surface area contributed by atoms with E-state index in [4.69, 9.17) is 26.2 Å². The van der Waals surface area contributed by atoms with Crippen LogP contribution in [0.2, 0.25) is 0 Å². The number of carbonyl (C=O) groups is 1. The summed E-state index contributed by atoms with van der Waals surface area (Å²) in [6.45, 7) is 4.02. The van der Waals surface area contributed by atoms with Crippen LogP contribution in [0.3, 0.4) is 0 Å². The maximum absolute atomic E-state index is 11.9. The summed E-state index contributed by atoms with van der Waals surface area (Å²) in [5.41, 5.74) is 12.9. The van der Waals surface area contributed by atoms with Crippen molar-refractivity contribution in [2.24, 2.45) is 27.4 Å². The predicted molar refractivity (Wildman–Crippen MR) is 142 cm³/mol. The van der Waals surface area contributed by atoms with Crippen molar-refractivity contribution in [2.75, 3.05) is 14.1 Å². The first-order valence-electron chi connectivity index (χ1n) is 12.5. The lowest BCUT2D eigenvalue weighted by molar-refractivity contribution is -0.122. The molecule has 0 bridgehead atoms. The van der Waals surface area contributed by atoms with Crippen LogP contribution in [0.25, 0.3) is 10.2 Å². The zero-order valence-electron chi connectivity index (χ0n) is 21.2. The lowest BCUT2D eigenvalue weighted by Crippen LogP contribution is -2.35. The van der Waals surface area contributed by atoms with E-state index in [9.17, 15) is 4.79 Å². The Kier molecular flexibility index (Phi) is 8.01. The van der Waals surface area contributed by atoms with Crippen molar-refractivity contribution in [1.82, 2.24) is 14.9 Å². The van der Waals surface area contributed by atoms with Gasteiger partial charge in [0.15, 0.2) is 0 Å². The van der Waals surface area contributed by atoms with Crippen molar-refractivity contribution >= 4 is 45.5 Å². The van der Waals surface area contributed by atoms with Crippen LogP contribution in [0, 0.1) is 5.92 Å². The largest absolute Gasteiger partial charge is 0.474 e. The van der Waals surface area contributed by atoms with Gasteiger partial charge in [-0.25, -0.2) is 0 Å². The normalized spacial score (nSPS) is 23.4. The van der Waals surface area contributed by atoms with Crippen LogP contribution in [-0.4, -0.2) is 65.1 Å². The highest BCUT2D eigenvalue weighted by molar-refractivity contribution is 7.18.